The standard InChI is InChI=1S/C16H26N4O/c1-12-9-17-13(2)15(18-12)20-8-6-16(11-21)5-4-7-19(3)14(16)10-20/h9,14,21H,4-8,10-11H2,1-3H3/t14-,16-/m1/s1. The number of aliphatic hydroxyl groups excluding tert-OH is 1. The summed E-state index contributed by atoms with van der Waals surface area (Å²) in [7, 11) is 2.19. The number of likely N-dealkylation sites (tertiary alicyclic amines) is 1. The number of nitrogens with zero attached hydrogens (tertiary/aromatic N) is 4. The molecule has 2 fully saturated rings. The van der Waals surface area contributed by atoms with E-state index in [4.69, 9.17) is 4.98 Å². The monoisotopic (exact) mass is 290 g/mol. The summed E-state index contributed by atoms with van der Waals surface area (Å²) in [4.78, 5) is 13.9. The second-order valence-corrected chi connectivity index (χ2v) is 6.74. The number of hydrogen-bond acceptors (Lipinski definition) is 5. The van der Waals surface area contributed by atoms with E-state index >= 15 is 0 Å². The van der Waals surface area contributed by atoms with Gasteiger partial charge in [-0.05, 0) is 46.7 Å². The molecule has 2 aliphatic rings. The molecule has 0 aliphatic carbocycles. The number of fused-ring (bicyclic) bond motifs is 1. The van der Waals surface area contributed by atoms with Crippen LogP contribution in [-0.4, -0.2) is 59.3 Å². The Bertz CT molecular complexity index is 521. The molecule has 0 saturated carbocycles. The maximum Gasteiger partial charge on any atom is 0.150 e. The fourth-order valence-electron chi connectivity index (χ4n) is 4.03. The molecule has 0 radical (unpaired) electrons. The quantitative estimate of drug-likeness (QED) is 0.892. The van der Waals surface area contributed by atoms with Crippen LogP contribution >= 0.6 is 0 Å². The molecule has 2 saturated heterocycles. The first-order chi connectivity index (χ1) is 10.1. The third-order valence-electron chi connectivity index (χ3n) is 5.36. The van der Waals surface area contributed by atoms with Gasteiger partial charge in [-0.3, -0.25) is 4.98 Å². The normalized spacial score (nSPS) is 30.3. The highest BCUT2D eigenvalue weighted by molar-refractivity contribution is 5.44. The largest absolute Gasteiger partial charge is 0.396 e. The van der Waals surface area contributed by atoms with Crippen molar-refractivity contribution in [2.75, 3.05) is 38.2 Å². The first kappa shape index (κ1) is 14.7. The van der Waals surface area contributed by atoms with Gasteiger partial charge in [0, 0.05) is 30.7 Å². The summed E-state index contributed by atoms with van der Waals surface area (Å²) in [6, 6.07) is 0.409. The highest BCUT2D eigenvalue weighted by Gasteiger charge is 2.46. The van der Waals surface area contributed by atoms with E-state index in [1.54, 1.807) is 0 Å². The van der Waals surface area contributed by atoms with Crippen molar-refractivity contribution in [3.63, 3.8) is 0 Å². The minimum absolute atomic E-state index is 0.0780. The number of anilines is 1. The van der Waals surface area contributed by atoms with E-state index in [9.17, 15) is 5.11 Å². The molecule has 0 amide bonds. The Hall–Kier alpha value is -1.20. The Morgan fingerprint density at radius 3 is 2.90 bits per heavy atom. The SMILES string of the molecule is Cc1cnc(C)c(N2CC[C@@]3(CO)CCCN(C)[C@@H]3C2)n1. The first-order valence-corrected chi connectivity index (χ1v) is 7.92. The van der Waals surface area contributed by atoms with Crippen molar-refractivity contribution in [3.8, 4) is 0 Å². The molecular weight excluding hydrogens is 264 g/mol. The average molecular weight is 290 g/mol. The van der Waals surface area contributed by atoms with E-state index in [2.05, 4.69) is 21.8 Å². The van der Waals surface area contributed by atoms with Gasteiger partial charge in [-0.25, -0.2) is 4.98 Å². The third kappa shape index (κ3) is 2.53. The lowest BCUT2D eigenvalue weighted by molar-refractivity contribution is -0.0277. The van der Waals surface area contributed by atoms with Gasteiger partial charge in [-0.2, -0.15) is 0 Å². The number of rotatable bonds is 2. The summed E-state index contributed by atoms with van der Waals surface area (Å²) in [5.74, 6) is 1.01. The average Bonchev–Trinajstić information content (AvgIpc) is 2.50. The number of aryl methyl sites for hydroxylation is 2. The molecule has 3 heterocycles. The lowest BCUT2D eigenvalue weighted by atomic mass is 9.69. The van der Waals surface area contributed by atoms with Crippen molar-refractivity contribution < 1.29 is 5.11 Å². The Balaban J connectivity index is 1.87. The molecule has 1 N–H and O–H groups in total. The van der Waals surface area contributed by atoms with Crippen molar-refractivity contribution in [2.45, 2.75) is 39.2 Å². The summed E-state index contributed by atoms with van der Waals surface area (Å²) < 4.78 is 0. The van der Waals surface area contributed by atoms with Crippen molar-refractivity contribution in [3.05, 3.63) is 17.6 Å². The van der Waals surface area contributed by atoms with Gasteiger partial charge >= 0.3 is 0 Å². The van der Waals surface area contributed by atoms with E-state index in [-0.39, 0.29) is 5.41 Å². The predicted molar refractivity (Wildman–Crippen MR) is 83.5 cm³/mol. The molecule has 5 nitrogen and oxygen atoms in total. The van der Waals surface area contributed by atoms with E-state index in [0.717, 1.165) is 49.7 Å². The maximum absolute atomic E-state index is 9.98. The van der Waals surface area contributed by atoms with Gasteiger partial charge in [0.05, 0.1) is 18.0 Å². The molecule has 1 aromatic heterocycles. The molecule has 1 aromatic rings. The Labute approximate surface area is 127 Å². The molecule has 0 bridgehead atoms. The highest BCUT2D eigenvalue weighted by atomic mass is 16.3. The lowest BCUT2D eigenvalue weighted by Gasteiger charge is -2.53. The zero-order valence-electron chi connectivity index (χ0n) is 13.3. The van der Waals surface area contributed by atoms with E-state index in [0.29, 0.717) is 12.6 Å². The van der Waals surface area contributed by atoms with Crippen LogP contribution in [0.2, 0.25) is 0 Å². The van der Waals surface area contributed by atoms with Crippen molar-refractivity contribution in [1.82, 2.24) is 14.9 Å². The summed E-state index contributed by atoms with van der Waals surface area (Å²) in [6.07, 6.45) is 5.20. The van der Waals surface area contributed by atoms with Crippen LogP contribution in [0.5, 0.6) is 0 Å². The number of aliphatic hydroxyl groups is 1. The smallest absolute Gasteiger partial charge is 0.150 e. The fourth-order valence-corrected chi connectivity index (χ4v) is 4.03. The van der Waals surface area contributed by atoms with Crippen molar-refractivity contribution in [2.24, 2.45) is 5.41 Å². The zero-order valence-corrected chi connectivity index (χ0v) is 13.3. The summed E-state index contributed by atoms with van der Waals surface area (Å²) in [5, 5.41) is 9.98. The summed E-state index contributed by atoms with van der Waals surface area (Å²) in [6.45, 7) is 7.35. The fraction of sp³-hybridized carbons (Fsp3) is 0.750. The number of aromatic nitrogens is 2. The third-order valence-corrected chi connectivity index (χ3v) is 5.36. The van der Waals surface area contributed by atoms with Crippen LogP contribution < -0.4 is 4.90 Å². The lowest BCUT2D eigenvalue weighted by Crippen LogP contribution is -2.61. The van der Waals surface area contributed by atoms with Gasteiger partial charge in [0.1, 0.15) is 5.82 Å². The van der Waals surface area contributed by atoms with Crippen LogP contribution in [0.15, 0.2) is 6.20 Å². The minimum atomic E-state index is 0.0780. The molecule has 0 aromatic carbocycles. The van der Waals surface area contributed by atoms with Crippen LogP contribution in [0, 0.1) is 19.3 Å². The van der Waals surface area contributed by atoms with E-state index in [1.807, 2.05) is 20.0 Å². The van der Waals surface area contributed by atoms with Gasteiger partial charge in [-0.15, -0.1) is 0 Å². The Kier molecular flexibility index (Phi) is 3.88. The van der Waals surface area contributed by atoms with Crippen LogP contribution in [0.25, 0.3) is 0 Å². The van der Waals surface area contributed by atoms with Gasteiger partial charge in [0.25, 0.3) is 0 Å². The molecule has 2 aliphatic heterocycles. The second-order valence-electron chi connectivity index (χ2n) is 6.74. The van der Waals surface area contributed by atoms with Gasteiger partial charge in [0.2, 0.25) is 0 Å². The van der Waals surface area contributed by atoms with Crippen molar-refractivity contribution in [1.29, 1.82) is 0 Å². The van der Waals surface area contributed by atoms with E-state index < -0.39 is 0 Å². The zero-order chi connectivity index (χ0) is 15.0. The highest BCUT2D eigenvalue weighted by Crippen LogP contribution is 2.42. The molecule has 2 atom stereocenters. The maximum atomic E-state index is 9.98. The topological polar surface area (TPSA) is 52.5 Å². The van der Waals surface area contributed by atoms with Crippen LogP contribution in [-0.2, 0) is 0 Å². The van der Waals surface area contributed by atoms with Crippen LogP contribution in [0.3, 0.4) is 0 Å². The predicted octanol–water partition coefficient (Wildman–Crippen LogP) is 1.38. The van der Waals surface area contributed by atoms with E-state index in [1.165, 1.54) is 6.42 Å². The molecule has 116 valence electrons. The summed E-state index contributed by atoms with van der Waals surface area (Å²) in [5.41, 5.74) is 2.04. The molecule has 0 unspecified atom stereocenters. The second kappa shape index (κ2) is 5.54. The van der Waals surface area contributed by atoms with Crippen molar-refractivity contribution >= 4 is 5.82 Å². The Morgan fingerprint density at radius 1 is 1.33 bits per heavy atom. The first-order valence-electron chi connectivity index (χ1n) is 7.92. The molecule has 0 spiro atoms. The Morgan fingerprint density at radius 2 is 2.14 bits per heavy atom. The number of likely N-dealkylation sites (N-methyl/N-ethyl adjacent to an activating group) is 1. The van der Waals surface area contributed by atoms with Crippen LogP contribution in [0.1, 0.15) is 30.7 Å². The summed E-state index contributed by atoms with van der Waals surface area (Å²) >= 11 is 0. The molecule has 21 heavy (non-hydrogen) atoms. The molecule has 5 heteroatoms. The molecular formula is C16H26N4O. The minimum Gasteiger partial charge on any atom is -0.396 e. The van der Waals surface area contributed by atoms with Gasteiger partial charge in [-0.1, -0.05) is 0 Å². The van der Waals surface area contributed by atoms with Crippen LogP contribution in [0.4, 0.5) is 5.82 Å². The molecule has 3 rings (SSSR count). The van der Waals surface area contributed by atoms with Gasteiger partial charge in [0.15, 0.2) is 0 Å². The van der Waals surface area contributed by atoms with Gasteiger partial charge < -0.3 is 14.9 Å². The number of hydrogen-bond donors (Lipinski definition) is 1. The number of piperidine rings is 2.